The minimum absolute atomic E-state index is 0.352. The highest BCUT2D eigenvalue weighted by molar-refractivity contribution is 5.97. The van der Waals surface area contributed by atoms with Crippen LogP contribution < -0.4 is 0 Å². The average Bonchev–Trinajstić information content (AvgIpc) is 2.99. The highest BCUT2D eigenvalue weighted by Gasteiger charge is 2.32. The lowest BCUT2D eigenvalue weighted by atomic mass is 10.1. The van der Waals surface area contributed by atoms with Crippen molar-refractivity contribution in [2.45, 2.75) is 25.7 Å². The summed E-state index contributed by atoms with van der Waals surface area (Å²) in [5.74, 6) is -0.520. The van der Waals surface area contributed by atoms with Gasteiger partial charge in [-0.1, -0.05) is 6.07 Å². The van der Waals surface area contributed by atoms with E-state index in [9.17, 15) is 9.90 Å². The molecule has 1 aliphatic rings. The van der Waals surface area contributed by atoms with Crippen molar-refractivity contribution in [2.75, 3.05) is 0 Å². The first kappa shape index (κ1) is 9.39. The second kappa shape index (κ2) is 3.07. The number of hydrogen-bond acceptors (Lipinski definition) is 2. The number of nitrogens with zero attached hydrogens (tertiary/aromatic N) is 2. The fraction of sp³-hybridized carbons (Fsp3) is 0.333. The lowest BCUT2D eigenvalue weighted by Crippen LogP contribution is -1.99. The Bertz CT molecular complexity index is 582. The van der Waals surface area contributed by atoms with E-state index in [0.29, 0.717) is 17.0 Å². The third-order valence-corrected chi connectivity index (χ3v) is 3.05. The fourth-order valence-electron chi connectivity index (χ4n) is 2.08. The van der Waals surface area contributed by atoms with Gasteiger partial charge in [-0.2, -0.15) is 5.10 Å². The molecule has 82 valence electrons. The number of hydrogen-bond donors (Lipinski definition) is 1. The molecule has 2 heterocycles. The van der Waals surface area contributed by atoms with Crippen LogP contribution in [0, 0.1) is 6.92 Å². The molecule has 1 aliphatic carbocycles. The predicted octanol–water partition coefficient (Wildman–Crippen LogP) is 2.22. The van der Waals surface area contributed by atoms with Crippen LogP contribution in [0.4, 0.5) is 0 Å². The molecule has 0 aliphatic heterocycles. The maximum atomic E-state index is 11.3. The van der Waals surface area contributed by atoms with Gasteiger partial charge in [0, 0.05) is 11.6 Å². The predicted molar refractivity (Wildman–Crippen MR) is 58.9 cm³/mol. The molecule has 2 aromatic heterocycles. The largest absolute Gasteiger partial charge is 0.478 e. The van der Waals surface area contributed by atoms with Crippen LogP contribution in [0.3, 0.4) is 0 Å². The van der Waals surface area contributed by atoms with Gasteiger partial charge >= 0.3 is 5.97 Å². The first-order chi connectivity index (χ1) is 7.68. The Morgan fingerprint density at radius 1 is 1.50 bits per heavy atom. The van der Waals surface area contributed by atoms with Gasteiger partial charge in [-0.25, -0.2) is 9.31 Å². The van der Waals surface area contributed by atoms with Crippen LogP contribution in [-0.2, 0) is 0 Å². The number of aromatic nitrogens is 2. The minimum atomic E-state index is -0.873. The smallest absolute Gasteiger partial charge is 0.339 e. The maximum Gasteiger partial charge on any atom is 0.339 e. The summed E-state index contributed by atoms with van der Waals surface area (Å²) in [6.45, 7) is 1.93. The third kappa shape index (κ3) is 1.23. The zero-order valence-corrected chi connectivity index (χ0v) is 8.97. The number of aryl methyl sites for hydroxylation is 1. The van der Waals surface area contributed by atoms with Crippen LogP contribution >= 0.6 is 0 Å². The first-order valence-electron chi connectivity index (χ1n) is 5.40. The Kier molecular flexibility index (Phi) is 1.80. The second-order valence-corrected chi connectivity index (χ2v) is 4.30. The van der Waals surface area contributed by atoms with Crippen molar-refractivity contribution >= 4 is 11.5 Å². The maximum absolute atomic E-state index is 11.3. The lowest BCUT2D eigenvalue weighted by molar-refractivity contribution is 0.0698. The fourth-order valence-corrected chi connectivity index (χ4v) is 2.08. The Labute approximate surface area is 92.5 Å². The molecule has 0 amide bonds. The highest BCUT2D eigenvalue weighted by atomic mass is 16.4. The first-order valence-corrected chi connectivity index (χ1v) is 5.40. The SMILES string of the molecule is Cc1cccc2c(C(=O)O)c(C3CC3)nn12. The Hall–Kier alpha value is -1.84. The van der Waals surface area contributed by atoms with Crippen LogP contribution in [0.2, 0.25) is 0 Å². The summed E-state index contributed by atoms with van der Waals surface area (Å²) in [4.78, 5) is 11.3. The van der Waals surface area contributed by atoms with E-state index in [4.69, 9.17) is 0 Å². The molecular weight excluding hydrogens is 204 g/mol. The summed E-state index contributed by atoms with van der Waals surface area (Å²) in [6.07, 6.45) is 2.12. The van der Waals surface area contributed by atoms with E-state index < -0.39 is 5.97 Å². The number of fused-ring (bicyclic) bond motifs is 1. The number of carbonyl (C=O) groups is 1. The van der Waals surface area contributed by atoms with Gasteiger partial charge in [0.25, 0.3) is 0 Å². The molecule has 4 nitrogen and oxygen atoms in total. The Morgan fingerprint density at radius 2 is 2.25 bits per heavy atom. The van der Waals surface area contributed by atoms with Gasteiger partial charge in [0.15, 0.2) is 0 Å². The molecule has 16 heavy (non-hydrogen) atoms. The zero-order chi connectivity index (χ0) is 11.3. The van der Waals surface area contributed by atoms with E-state index in [0.717, 1.165) is 24.2 Å². The Balaban J connectivity index is 2.36. The number of aromatic carboxylic acids is 1. The zero-order valence-electron chi connectivity index (χ0n) is 8.97. The van der Waals surface area contributed by atoms with Gasteiger partial charge < -0.3 is 5.11 Å². The van der Waals surface area contributed by atoms with Crippen LogP contribution in [0.5, 0.6) is 0 Å². The van der Waals surface area contributed by atoms with Gasteiger partial charge in [-0.15, -0.1) is 0 Å². The van der Waals surface area contributed by atoms with Crippen molar-refractivity contribution in [1.82, 2.24) is 9.61 Å². The van der Waals surface area contributed by atoms with E-state index >= 15 is 0 Å². The van der Waals surface area contributed by atoms with Gasteiger partial charge in [-0.3, -0.25) is 0 Å². The Morgan fingerprint density at radius 3 is 2.88 bits per heavy atom. The van der Waals surface area contributed by atoms with Gasteiger partial charge in [0.05, 0.1) is 11.2 Å². The van der Waals surface area contributed by atoms with Crippen LogP contribution in [0.15, 0.2) is 18.2 Å². The van der Waals surface area contributed by atoms with Crippen LogP contribution in [0.25, 0.3) is 5.52 Å². The lowest BCUT2D eigenvalue weighted by Gasteiger charge is -1.97. The number of carboxylic acids is 1. The quantitative estimate of drug-likeness (QED) is 0.837. The molecular formula is C12H12N2O2. The van der Waals surface area contributed by atoms with Crippen molar-refractivity contribution in [3.63, 3.8) is 0 Å². The number of carboxylic acid groups (broad SMARTS) is 1. The monoisotopic (exact) mass is 216 g/mol. The molecule has 4 heteroatoms. The molecule has 1 N–H and O–H groups in total. The summed E-state index contributed by atoms with van der Waals surface area (Å²) < 4.78 is 1.73. The standard InChI is InChI=1S/C12H12N2O2/c1-7-3-2-4-9-10(12(15)16)11(8-5-6-8)13-14(7)9/h2-4,8H,5-6H2,1H3,(H,15,16). The van der Waals surface area contributed by atoms with E-state index in [2.05, 4.69) is 5.10 Å². The van der Waals surface area contributed by atoms with Crippen LogP contribution in [-0.4, -0.2) is 20.7 Å². The van der Waals surface area contributed by atoms with Crippen molar-refractivity contribution in [1.29, 1.82) is 0 Å². The van der Waals surface area contributed by atoms with Crippen molar-refractivity contribution in [2.24, 2.45) is 0 Å². The summed E-state index contributed by atoms with van der Waals surface area (Å²) in [5, 5.41) is 13.7. The summed E-state index contributed by atoms with van der Waals surface area (Å²) in [5.41, 5.74) is 2.80. The molecule has 0 spiro atoms. The minimum Gasteiger partial charge on any atom is -0.478 e. The molecule has 0 radical (unpaired) electrons. The number of rotatable bonds is 2. The van der Waals surface area contributed by atoms with Gasteiger partial charge in [0.1, 0.15) is 5.56 Å². The third-order valence-electron chi connectivity index (χ3n) is 3.05. The van der Waals surface area contributed by atoms with Gasteiger partial charge in [0.2, 0.25) is 0 Å². The molecule has 1 fully saturated rings. The van der Waals surface area contributed by atoms with Crippen molar-refractivity contribution in [3.05, 3.63) is 35.2 Å². The molecule has 0 aromatic carbocycles. The van der Waals surface area contributed by atoms with E-state index in [1.54, 1.807) is 4.52 Å². The van der Waals surface area contributed by atoms with Crippen molar-refractivity contribution in [3.8, 4) is 0 Å². The van der Waals surface area contributed by atoms with E-state index in [-0.39, 0.29) is 0 Å². The van der Waals surface area contributed by atoms with Gasteiger partial charge in [-0.05, 0) is 31.9 Å². The molecule has 3 rings (SSSR count). The summed E-state index contributed by atoms with van der Waals surface area (Å²) in [7, 11) is 0. The van der Waals surface area contributed by atoms with Crippen molar-refractivity contribution < 1.29 is 9.90 Å². The highest BCUT2D eigenvalue weighted by Crippen LogP contribution is 2.41. The molecule has 0 atom stereocenters. The summed E-state index contributed by atoms with van der Waals surface area (Å²) >= 11 is 0. The normalized spacial score (nSPS) is 15.6. The average molecular weight is 216 g/mol. The van der Waals surface area contributed by atoms with Crippen LogP contribution in [0.1, 0.15) is 40.5 Å². The molecule has 0 unspecified atom stereocenters. The topological polar surface area (TPSA) is 54.6 Å². The molecule has 0 bridgehead atoms. The summed E-state index contributed by atoms with van der Waals surface area (Å²) in [6, 6.07) is 5.62. The van der Waals surface area contributed by atoms with E-state index in [1.807, 2.05) is 25.1 Å². The number of pyridine rings is 1. The molecule has 1 saturated carbocycles. The van der Waals surface area contributed by atoms with E-state index in [1.165, 1.54) is 0 Å². The second-order valence-electron chi connectivity index (χ2n) is 4.30. The molecule has 2 aromatic rings. The molecule has 0 saturated heterocycles.